The van der Waals surface area contributed by atoms with E-state index in [9.17, 15) is 9.59 Å². The van der Waals surface area contributed by atoms with Gasteiger partial charge in [0.25, 0.3) is 5.56 Å². The smallest absolute Gasteiger partial charge is 0.325 e. The van der Waals surface area contributed by atoms with Crippen molar-refractivity contribution in [1.29, 1.82) is 0 Å². The van der Waals surface area contributed by atoms with E-state index in [-0.39, 0.29) is 11.5 Å². The van der Waals surface area contributed by atoms with E-state index in [0.29, 0.717) is 22.4 Å². The SMILES string of the molecule is Nc1nc(-c2ccccc2)c2nc(-c3c[nH]c(=O)[nH]c3=O)ccc2n1. The molecule has 0 saturated carbocycles. The van der Waals surface area contributed by atoms with E-state index in [4.69, 9.17) is 5.73 Å². The predicted octanol–water partition coefficient (Wildman–Crippen LogP) is 1.32. The number of aromatic nitrogens is 5. The molecule has 8 heteroatoms. The first-order valence-electron chi connectivity index (χ1n) is 7.44. The van der Waals surface area contributed by atoms with Crippen LogP contribution < -0.4 is 17.0 Å². The van der Waals surface area contributed by atoms with Crippen molar-refractivity contribution in [3.8, 4) is 22.5 Å². The third kappa shape index (κ3) is 2.65. The number of pyridine rings is 1. The quantitative estimate of drug-likeness (QED) is 0.507. The van der Waals surface area contributed by atoms with Crippen molar-refractivity contribution >= 4 is 17.0 Å². The van der Waals surface area contributed by atoms with E-state index in [1.54, 1.807) is 12.1 Å². The van der Waals surface area contributed by atoms with Gasteiger partial charge in [0.2, 0.25) is 5.95 Å². The van der Waals surface area contributed by atoms with Gasteiger partial charge in [0, 0.05) is 11.8 Å². The Bertz CT molecular complexity index is 1200. The van der Waals surface area contributed by atoms with Crippen molar-refractivity contribution in [2.45, 2.75) is 0 Å². The molecule has 122 valence electrons. The molecule has 0 fully saturated rings. The summed E-state index contributed by atoms with van der Waals surface area (Å²) in [5.74, 6) is 0.141. The minimum Gasteiger partial charge on any atom is -0.368 e. The minimum absolute atomic E-state index is 0.141. The molecule has 0 spiro atoms. The van der Waals surface area contributed by atoms with Gasteiger partial charge in [0.1, 0.15) is 11.2 Å². The molecule has 0 aliphatic carbocycles. The topological polar surface area (TPSA) is 130 Å². The molecular formula is C17H12N6O2. The highest BCUT2D eigenvalue weighted by Gasteiger charge is 2.13. The molecule has 0 aliphatic heterocycles. The predicted molar refractivity (Wildman–Crippen MR) is 93.9 cm³/mol. The first-order chi connectivity index (χ1) is 12.1. The Hall–Kier alpha value is -3.81. The molecule has 3 heterocycles. The summed E-state index contributed by atoms with van der Waals surface area (Å²) in [5.41, 5.74) is 7.85. The van der Waals surface area contributed by atoms with Gasteiger partial charge in [-0.1, -0.05) is 30.3 Å². The highest BCUT2D eigenvalue weighted by molar-refractivity contribution is 5.91. The Morgan fingerprint density at radius 2 is 1.72 bits per heavy atom. The van der Waals surface area contributed by atoms with Crippen LogP contribution in [0.1, 0.15) is 0 Å². The second kappa shape index (κ2) is 5.68. The standard InChI is InChI=1S/C17H12N6O2/c18-16-21-12-7-6-11(10-8-19-17(25)23-15(10)24)20-14(12)13(22-16)9-4-2-1-3-5-9/h1-8H,(H2,18,21,22)(H2,19,23,24,25). The fourth-order valence-electron chi connectivity index (χ4n) is 2.58. The lowest BCUT2D eigenvalue weighted by molar-refractivity contribution is 1.04. The summed E-state index contributed by atoms with van der Waals surface area (Å²) < 4.78 is 0. The Kier molecular flexibility index (Phi) is 3.35. The first kappa shape index (κ1) is 14.8. The van der Waals surface area contributed by atoms with Gasteiger partial charge >= 0.3 is 5.69 Å². The molecule has 8 nitrogen and oxygen atoms in total. The van der Waals surface area contributed by atoms with Gasteiger partial charge in [-0.05, 0) is 12.1 Å². The fraction of sp³-hybridized carbons (Fsp3) is 0. The van der Waals surface area contributed by atoms with Gasteiger partial charge < -0.3 is 10.7 Å². The Morgan fingerprint density at radius 1 is 0.920 bits per heavy atom. The van der Waals surface area contributed by atoms with E-state index < -0.39 is 11.2 Å². The lowest BCUT2D eigenvalue weighted by atomic mass is 10.1. The van der Waals surface area contributed by atoms with Crippen molar-refractivity contribution in [1.82, 2.24) is 24.9 Å². The Balaban J connectivity index is 2.00. The summed E-state index contributed by atoms with van der Waals surface area (Å²) in [5, 5.41) is 0. The van der Waals surface area contributed by atoms with Crippen LogP contribution in [-0.4, -0.2) is 24.9 Å². The zero-order valence-corrected chi connectivity index (χ0v) is 12.9. The zero-order chi connectivity index (χ0) is 17.4. The highest BCUT2D eigenvalue weighted by Crippen LogP contribution is 2.26. The minimum atomic E-state index is -0.573. The van der Waals surface area contributed by atoms with Crippen molar-refractivity contribution in [3.05, 3.63) is 69.5 Å². The molecule has 4 aromatic rings. The van der Waals surface area contributed by atoms with Gasteiger partial charge in [-0.15, -0.1) is 0 Å². The van der Waals surface area contributed by atoms with Crippen LogP contribution in [0.2, 0.25) is 0 Å². The molecule has 4 N–H and O–H groups in total. The van der Waals surface area contributed by atoms with Crippen molar-refractivity contribution in [2.75, 3.05) is 5.73 Å². The summed E-state index contributed by atoms with van der Waals surface area (Å²) in [4.78, 5) is 40.9. The molecule has 0 bridgehead atoms. The van der Waals surface area contributed by atoms with Crippen LogP contribution in [0.15, 0.2) is 58.3 Å². The highest BCUT2D eigenvalue weighted by atomic mass is 16.2. The van der Waals surface area contributed by atoms with E-state index >= 15 is 0 Å². The average Bonchev–Trinajstić information content (AvgIpc) is 2.61. The Morgan fingerprint density at radius 3 is 2.48 bits per heavy atom. The van der Waals surface area contributed by atoms with Gasteiger partial charge in [0.15, 0.2) is 0 Å². The summed E-state index contributed by atoms with van der Waals surface area (Å²) in [6, 6.07) is 12.8. The van der Waals surface area contributed by atoms with Crippen LogP contribution in [0.4, 0.5) is 5.95 Å². The van der Waals surface area contributed by atoms with Gasteiger partial charge in [-0.2, -0.15) is 0 Å². The van der Waals surface area contributed by atoms with Gasteiger partial charge in [-0.3, -0.25) is 9.78 Å². The lowest BCUT2D eigenvalue weighted by Gasteiger charge is -2.08. The molecule has 25 heavy (non-hydrogen) atoms. The van der Waals surface area contributed by atoms with Crippen LogP contribution >= 0.6 is 0 Å². The number of nitrogens with zero attached hydrogens (tertiary/aromatic N) is 3. The van der Waals surface area contributed by atoms with Crippen molar-refractivity contribution in [2.24, 2.45) is 0 Å². The second-order valence-electron chi connectivity index (χ2n) is 5.35. The maximum absolute atomic E-state index is 12.0. The molecule has 0 aliphatic rings. The number of nitrogen functional groups attached to an aromatic ring is 1. The van der Waals surface area contributed by atoms with Crippen molar-refractivity contribution in [3.63, 3.8) is 0 Å². The number of anilines is 1. The third-order valence-electron chi connectivity index (χ3n) is 3.70. The summed E-state index contributed by atoms with van der Waals surface area (Å²) in [6.45, 7) is 0. The maximum Gasteiger partial charge on any atom is 0.325 e. The average molecular weight is 332 g/mol. The van der Waals surface area contributed by atoms with Crippen LogP contribution in [0, 0.1) is 0 Å². The summed E-state index contributed by atoms with van der Waals surface area (Å²) in [7, 11) is 0. The van der Waals surface area contributed by atoms with Gasteiger partial charge in [0.05, 0.1) is 16.8 Å². The number of nitrogens with one attached hydrogen (secondary N) is 2. The first-order valence-corrected chi connectivity index (χ1v) is 7.44. The summed E-state index contributed by atoms with van der Waals surface area (Å²) in [6.07, 6.45) is 1.33. The third-order valence-corrected chi connectivity index (χ3v) is 3.70. The normalized spacial score (nSPS) is 10.9. The monoisotopic (exact) mass is 332 g/mol. The number of hydrogen-bond donors (Lipinski definition) is 3. The molecule has 4 rings (SSSR count). The number of H-pyrrole nitrogens is 2. The maximum atomic E-state index is 12.0. The van der Waals surface area contributed by atoms with Crippen LogP contribution in [-0.2, 0) is 0 Å². The van der Waals surface area contributed by atoms with E-state index in [0.717, 1.165) is 5.56 Å². The fourth-order valence-corrected chi connectivity index (χ4v) is 2.58. The zero-order valence-electron chi connectivity index (χ0n) is 12.9. The van der Waals surface area contributed by atoms with E-state index in [1.165, 1.54) is 6.20 Å². The molecule has 1 aromatic carbocycles. The molecule has 3 aromatic heterocycles. The molecule has 0 amide bonds. The number of fused-ring (bicyclic) bond motifs is 1. The van der Waals surface area contributed by atoms with Gasteiger partial charge in [-0.25, -0.2) is 19.7 Å². The van der Waals surface area contributed by atoms with E-state index in [1.807, 2.05) is 30.3 Å². The number of aromatic amines is 2. The lowest BCUT2D eigenvalue weighted by Crippen LogP contribution is -2.22. The number of benzene rings is 1. The van der Waals surface area contributed by atoms with E-state index in [2.05, 4.69) is 24.9 Å². The van der Waals surface area contributed by atoms with Crippen LogP contribution in [0.3, 0.4) is 0 Å². The Labute approximate surface area is 140 Å². The van der Waals surface area contributed by atoms with Crippen LogP contribution in [0.25, 0.3) is 33.5 Å². The molecule has 0 atom stereocenters. The molecular weight excluding hydrogens is 320 g/mol. The molecule has 0 unspecified atom stereocenters. The van der Waals surface area contributed by atoms with Crippen LogP contribution in [0.5, 0.6) is 0 Å². The number of hydrogen-bond acceptors (Lipinski definition) is 6. The molecule has 0 radical (unpaired) electrons. The second-order valence-corrected chi connectivity index (χ2v) is 5.35. The van der Waals surface area contributed by atoms with Crippen molar-refractivity contribution < 1.29 is 0 Å². The largest absolute Gasteiger partial charge is 0.368 e. The molecule has 0 saturated heterocycles. The summed E-state index contributed by atoms with van der Waals surface area (Å²) >= 11 is 0. The number of rotatable bonds is 2. The number of nitrogens with two attached hydrogens (primary N) is 1.